The minimum atomic E-state index is -3.28. The number of hydrogen-bond donors (Lipinski definition) is 0. The van der Waals surface area contributed by atoms with E-state index in [1.807, 2.05) is 18.2 Å². The van der Waals surface area contributed by atoms with Gasteiger partial charge in [-0.3, -0.25) is 0 Å². The number of piperidine rings is 2. The molecule has 0 spiro atoms. The second-order valence-corrected chi connectivity index (χ2v) is 9.43. The lowest BCUT2D eigenvalue weighted by molar-refractivity contribution is 0.189. The van der Waals surface area contributed by atoms with E-state index in [1.165, 1.54) is 38.5 Å². The molecule has 1 aromatic carbocycles. The van der Waals surface area contributed by atoms with E-state index in [2.05, 4.69) is 9.80 Å². The van der Waals surface area contributed by atoms with Gasteiger partial charge in [-0.1, -0.05) is 31.0 Å². The molecule has 24 heavy (non-hydrogen) atoms. The molecule has 2 aliphatic rings. The number of likely N-dealkylation sites (tertiary alicyclic amines) is 2. The van der Waals surface area contributed by atoms with E-state index in [0.717, 1.165) is 26.2 Å². The van der Waals surface area contributed by atoms with E-state index < -0.39 is 9.84 Å². The van der Waals surface area contributed by atoms with Crippen LogP contribution in [0.2, 0.25) is 0 Å². The van der Waals surface area contributed by atoms with Crippen LogP contribution in [0.1, 0.15) is 38.5 Å². The summed E-state index contributed by atoms with van der Waals surface area (Å²) in [5.41, 5.74) is 0. The molecule has 0 amide bonds. The molecule has 0 aliphatic carbocycles. The molecule has 0 saturated carbocycles. The van der Waals surface area contributed by atoms with Gasteiger partial charge in [0.15, 0.2) is 9.84 Å². The van der Waals surface area contributed by atoms with E-state index in [9.17, 15) is 8.42 Å². The first kappa shape index (κ1) is 17.9. The average Bonchev–Trinajstić information content (AvgIpc) is 2.64. The summed E-state index contributed by atoms with van der Waals surface area (Å²) in [6.07, 6.45) is 7.34. The monoisotopic (exact) mass is 350 g/mol. The maximum Gasteiger partial charge on any atom is 0.183 e. The summed E-state index contributed by atoms with van der Waals surface area (Å²) in [5, 5.41) is -0.323. The molecule has 3 rings (SSSR count). The molecule has 0 bridgehead atoms. The van der Waals surface area contributed by atoms with Gasteiger partial charge in [-0.15, -0.1) is 0 Å². The van der Waals surface area contributed by atoms with Gasteiger partial charge >= 0.3 is 0 Å². The Balaban J connectivity index is 1.77. The first-order chi connectivity index (χ1) is 11.7. The predicted octanol–water partition coefficient (Wildman–Crippen LogP) is 2.80. The summed E-state index contributed by atoms with van der Waals surface area (Å²) < 4.78 is 26.5. The van der Waals surface area contributed by atoms with Crippen LogP contribution in [0.3, 0.4) is 0 Å². The normalized spacial score (nSPS) is 21.2. The van der Waals surface area contributed by atoms with Gasteiger partial charge < -0.3 is 9.80 Å². The molecule has 4 nitrogen and oxygen atoms in total. The highest BCUT2D eigenvalue weighted by Gasteiger charge is 2.31. The molecule has 2 saturated heterocycles. The Morgan fingerprint density at radius 2 is 1.21 bits per heavy atom. The summed E-state index contributed by atoms with van der Waals surface area (Å²) in [4.78, 5) is 5.20. The minimum absolute atomic E-state index is 0.323. The van der Waals surface area contributed by atoms with Gasteiger partial charge in [-0.05, 0) is 64.0 Å². The zero-order valence-corrected chi connectivity index (χ0v) is 15.4. The lowest BCUT2D eigenvalue weighted by Crippen LogP contribution is -2.47. The molecule has 0 atom stereocenters. The molecule has 2 fully saturated rings. The van der Waals surface area contributed by atoms with Crippen molar-refractivity contribution in [2.45, 2.75) is 48.7 Å². The van der Waals surface area contributed by atoms with E-state index in [1.54, 1.807) is 12.1 Å². The molecule has 0 aromatic heterocycles. The highest BCUT2D eigenvalue weighted by molar-refractivity contribution is 7.92. The van der Waals surface area contributed by atoms with Crippen molar-refractivity contribution in [2.24, 2.45) is 0 Å². The second-order valence-electron chi connectivity index (χ2n) is 7.20. The molecule has 5 heteroatoms. The van der Waals surface area contributed by atoms with Gasteiger partial charge in [0, 0.05) is 13.1 Å². The Morgan fingerprint density at radius 1 is 0.750 bits per heavy atom. The van der Waals surface area contributed by atoms with Gasteiger partial charge in [-0.25, -0.2) is 8.42 Å². The van der Waals surface area contributed by atoms with Crippen LogP contribution < -0.4 is 0 Å². The van der Waals surface area contributed by atoms with Crippen molar-refractivity contribution in [1.29, 1.82) is 0 Å². The quantitative estimate of drug-likeness (QED) is 0.791. The van der Waals surface area contributed by atoms with Crippen molar-refractivity contribution >= 4 is 9.84 Å². The molecule has 2 aliphatic heterocycles. The van der Waals surface area contributed by atoms with Crippen molar-refractivity contribution < 1.29 is 8.42 Å². The van der Waals surface area contributed by atoms with Gasteiger partial charge in [-0.2, -0.15) is 0 Å². The first-order valence-corrected chi connectivity index (χ1v) is 10.9. The van der Waals surface area contributed by atoms with Crippen LogP contribution in [0.15, 0.2) is 35.2 Å². The van der Waals surface area contributed by atoms with E-state index in [4.69, 9.17) is 0 Å². The molecule has 134 valence electrons. The fraction of sp³-hybridized carbons (Fsp3) is 0.684. The maximum atomic E-state index is 13.2. The number of rotatable bonds is 6. The highest BCUT2D eigenvalue weighted by atomic mass is 32.2. The molecule has 1 aromatic rings. The Morgan fingerprint density at radius 3 is 1.67 bits per heavy atom. The molecule has 0 unspecified atom stereocenters. The fourth-order valence-corrected chi connectivity index (χ4v) is 5.65. The van der Waals surface area contributed by atoms with Gasteiger partial charge in [0.05, 0.1) is 10.1 Å². The van der Waals surface area contributed by atoms with Crippen molar-refractivity contribution in [3.63, 3.8) is 0 Å². The maximum absolute atomic E-state index is 13.2. The fourth-order valence-electron chi connectivity index (χ4n) is 3.92. The van der Waals surface area contributed by atoms with Crippen LogP contribution >= 0.6 is 0 Å². The molecule has 2 heterocycles. The lowest BCUT2D eigenvalue weighted by Gasteiger charge is -2.34. The zero-order valence-electron chi connectivity index (χ0n) is 14.6. The predicted molar refractivity (Wildman–Crippen MR) is 98.0 cm³/mol. The van der Waals surface area contributed by atoms with E-state index in [-0.39, 0.29) is 5.25 Å². The SMILES string of the molecule is O=S(=O)(c1ccccc1)C(CN1CCCCC1)CN1CCCCC1. The molecule has 0 N–H and O–H groups in total. The molecule has 0 radical (unpaired) electrons. The number of benzene rings is 1. The van der Waals surface area contributed by atoms with Crippen molar-refractivity contribution in [3.05, 3.63) is 30.3 Å². The zero-order chi connectivity index (χ0) is 16.8. The van der Waals surface area contributed by atoms with Crippen molar-refractivity contribution in [2.75, 3.05) is 39.3 Å². The number of nitrogens with zero attached hydrogens (tertiary/aromatic N) is 2. The van der Waals surface area contributed by atoms with Crippen molar-refractivity contribution in [3.8, 4) is 0 Å². The third kappa shape index (κ3) is 4.58. The summed E-state index contributed by atoms with van der Waals surface area (Å²) in [6, 6.07) is 9.02. The second kappa shape index (κ2) is 8.45. The standard InChI is InChI=1S/C19H30N2O2S/c22-24(23,18-10-4-1-5-11-18)19(16-20-12-6-2-7-13-20)17-21-14-8-3-9-15-21/h1,4-5,10-11,19H,2-3,6-9,12-17H2. The average molecular weight is 351 g/mol. The van der Waals surface area contributed by atoms with E-state index in [0.29, 0.717) is 18.0 Å². The largest absolute Gasteiger partial charge is 0.302 e. The Bertz CT molecular complexity index is 571. The third-order valence-electron chi connectivity index (χ3n) is 5.33. The number of hydrogen-bond acceptors (Lipinski definition) is 4. The van der Waals surface area contributed by atoms with Crippen molar-refractivity contribution in [1.82, 2.24) is 9.80 Å². The van der Waals surface area contributed by atoms with Crippen LogP contribution in [-0.4, -0.2) is 62.7 Å². The van der Waals surface area contributed by atoms with Crippen LogP contribution in [0.25, 0.3) is 0 Å². The van der Waals surface area contributed by atoms with Crippen LogP contribution in [0.5, 0.6) is 0 Å². The lowest BCUT2D eigenvalue weighted by atomic mass is 10.1. The van der Waals surface area contributed by atoms with Gasteiger partial charge in [0.2, 0.25) is 0 Å². The van der Waals surface area contributed by atoms with Crippen LogP contribution in [0, 0.1) is 0 Å². The first-order valence-electron chi connectivity index (χ1n) is 9.40. The Labute approximate surface area is 146 Å². The van der Waals surface area contributed by atoms with Gasteiger partial charge in [0.25, 0.3) is 0 Å². The minimum Gasteiger partial charge on any atom is -0.302 e. The van der Waals surface area contributed by atoms with Crippen LogP contribution in [0.4, 0.5) is 0 Å². The topological polar surface area (TPSA) is 40.6 Å². The highest BCUT2D eigenvalue weighted by Crippen LogP contribution is 2.21. The number of sulfone groups is 1. The Kier molecular flexibility index (Phi) is 6.31. The van der Waals surface area contributed by atoms with Gasteiger partial charge in [0.1, 0.15) is 0 Å². The smallest absolute Gasteiger partial charge is 0.183 e. The summed E-state index contributed by atoms with van der Waals surface area (Å²) in [5.74, 6) is 0. The third-order valence-corrected chi connectivity index (χ3v) is 7.44. The Hall–Kier alpha value is -0.910. The summed E-state index contributed by atoms with van der Waals surface area (Å²) in [6.45, 7) is 5.52. The van der Waals surface area contributed by atoms with Crippen LogP contribution in [-0.2, 0) is 9.84 Å². The molecular weight excluding hydrogens is 320 g/mol. The van der Waals surface area contributed by atoms with E-state index >= 15 is 0 Å². The molecular formula is C19H30N2O2S. The summed E-state index contributed by atoms with van der Waals surface area (Å²) in [7, 11) is -3.28. The summed E-state index contributed by atoms with van der Waals surface area (Å²) >= 11 is 0.